The highest BCUT2D eigenvalue weighted by atomic mass is 16.1. The van der Waals surface area contributed by atoms with Gasteiger partial charge >= 0.3 is 0 Å². The van der Waals surface area contributed by atoms with E-state index in [1.165, 1.54) is 0 Å². The minimum atomic E-state index is -0.00771. The van der Waals surface area contributed by atoms with E-state index in [-0.39, 0.29) is 5.91 Å². The molecule has 0 aliphatic rings. The summed E-state index contributed by atoms with van der Waals surface area (Å²) in [4.78, 5) is 15.6. The summed E-state index contributed by atoms with van der Waals surface area (Å²) in [5.41, 5.74) is 6.23. The molecule has 1 aromatic heterocycles. The largest absolute Gasteiger partial charge is 0.325 e. The molecule has 0 spiro atoms. The van der Waals surface area contributed by atoms with E-state index in [0.29, 0.717) is 24.7 Å². The van der Waals surface area contributed by atoms with Gasteiger partial charge in [-0.05, 0) is 18.1 Å². The Morgan fingerprint density at radius 2 is 2.27 bits per heavy atom. The molecule has 0 aliphatic carbocycles. The number of hydrogen-bond donors (Lipinski definition) is 2. The lowest BCUT2D eigenvalue weighted by molar-refractivity contribution is -0.116. The van der Waals surface area contributed by atoms with E-state index in [4.69, 9.17) is 5.73 Å². The standard InChI is InChI=1S/C11H17N3O/c1-8(2)6-11(15)14-10-5-3-4-9(7-12)13-10/h3-5,8H,6-7,12H2,1-2H3,(H,13,14,15). The first-order valence-electron chi connectivity index (χ1n) is 5.07. The number of aromatic nitrogens is 1. The van der Waals surface area contributed by atoms with Crippen LogP contribution in [0.1, 0.15) is 26.0 Å². The second-order valence-corrected chi connectivity index (χ2v) is 3.86. The maximum Gasteiger partial charge on any atom is 0.225 e. The third-order valence-corrected chi connectivity index (χ3v) is 1.88. The van der Waals surface area contributed by atoms with Crippen LogP contribution in [0.5, 0.6) is 0 Å². The maximum atomic E-state index is 11.4. The molecule has 4 nitrogen and oxygen atoms in total. The van der Waals surface area contributed by atoms with E-state index in [1.54, 1.807) is 6.07 Å². The van der Waals surface area contributed by atoms with Crippen LogP contribution in [0, 0.1) is 5.92 Å². The van der Waals surface area contributed by atoms with E-state index in [1.807, 2.05) is 26.0 Å². The van der Waals surface area contributed by atoms with E-state index in [2.05, 4.69) is 10.3 Å². The van der Waals surface area contributed by atoms with Crippen molar-refractivity contribution in [3.63, 3.8) is 0 Å². The number of carbonyl (C=O) groups is 1. The summed E-state index contributed by atoms with van der Waals surface area (Å²) in [5.74, 6) is 0.915. The molecule has 0 fully saturated rings. The van der Waals surface area contributed by atoms with Gasteiger partial charge in [0.15, 0.2) is 0 Å². The number of nitrogens with one attached hydrogen (secondary N) is 1. The van der Waals surface area contributed by atoms with Crippen LogP contribution in [0.25, 0.3) is 0 Å². The molecule has 0 radical (unpaired) electrons. The summed E-state index contributed by atoms with van der Waals surface area (Å²) in [5, 5.41) is 2.74. The number of nitrogens with two attached hydrogens (primary N) is 1. The fraction of sp³-hybridized carbons (Fsp3) is 0.455. The highest BCUT2D eigenvalue weighted by Crippen LogP contribution is 2.07. The van der Waals surface area contributed by atoms with Crippen molar-refractivity contribution in [2.24, 2.45) is 11.7 Å². The Labute approximate surface area is 89.9 Å². The number of amides is 1. The molecule has 0 unspecified atom stereocenters. The van der Waals surface area contributed by atoms with Crippen LogP contribution in [0.2, 0.25) is 0 Å². The number of rotatable bonds is 4. The van der Waals surface area contributed by atoms with Gasteiger partial charge in [0.1, 0.15) is 5.82 Å². The average molecular weight is 207 g/mol. The lowest BCUT2D eigenvalue weighted by Gasteiger charge is -2.07. The summed E-state index contributed by atoms with van der Waals surface area (Å²) in [7, 11) is 0. The fourth-order valence-corrected chi connectivity index (χ4v) is 1.23. The van der Waals surface area contributed by atoms with Gasteiger partial charge in [0.25, 0.3) is 0 Å². The van der Waals surface area contributed by atoms with Crippen LogP contribution in [0.3, 0.4) is 0 Å². The molecule has 0 aromatic carbocycles. The topological polar surface area (TPSA) is 68.0 Å². The van der Waals surface area contributed by atoms with Gasteiger partial charge in [0, 0.05) is 13.0 Å². The Kier molecular flexibility index (Phi) is 4.24. The zero-order chi connectivity index (χ0) is 11.3. The lowest BCUT2D eigenvalue weighted by atomic mass is 10.1. The monoisotopic (exact) mass is 207 g/mol. The summed E-state index contributed by atoms with van der Waals surface area (Å²) in [6.45, 7) is 4.39. The third-order valence-electron chi connectivity index (χ3n) is 1.88. The molecule has 1 rings (SSSR count). The van der Waals surface area contributed by atoms with Crippen molar-refractivity contribution in [1.82, 2.24) is 4.98 Å². The van der Waals surface area contributed by atoms with Gasteiger partial charge in [-0.15, -0.1) is 0 Å². The van der Waals surface area contributed by atoms with Crippen LogP contribution in [0.4, 0.5) is 5.82 Å². The van der Waals surface area contributed by atoms with Gasteiger partial charge in [0.05, 0.1) is 5.69 Å². The zero-order valence-corrected chi connectivity index (χ0v) is 9.16. The Morgan fingerprint density at radius 1 is 1.53 bits per heavy atom. The second kappa shape index (κ2) is 5.46. The van der Waals surface area contributed by atoms with E-state index in [0.717, 1.165) is 5.69 Å². The predicted molar refractivity (Wildman–Crippen MR) is 60.2 cm³/mol. The van der Waals surface area contributed by atoms with Crippen molar-refractivity contribution in [3.8, 4) is 0 Å². The normalized spacial score (nSPS) is 10.4. The molecule has 82 valence electrons. The molecule has 4 heteroatoms. The summed E-state index contributed by atoms with van der Waals surface area (Å²) in [6.07, 6.45) is 0.508. The summed E-state index contributed by atoms with van der Waals surface area (Å²) < 4.78 is 0. The van der Waals surface area contributed by atoms with Gasteiger partial charge < -0.3 is 11.1 Å². The third kappa shape index (κ3) is 4.08. The molecule has 1 amide bonds. The van der Waals surface area contributed by atoms with Crippen molar-refractivity contribution in [3.05, 3.63) is 23.9 Å². The number of carbonyl (C=O) groups excluding carboxylic acids is 1. The van der Waals surface area contributed by atoms with Crippen molar-refractivity contribution >= 4 is 11.7 Å². The van der Waals surface area contributed by atoms with Crippen LogP contribution >= 0.6 is 0 Å². The van der Waals surface area contributed by atoms with Gasteiger partial charge in [-0.1, -0.05) is 19.9 Å². The van der Waals surface area contributed by atoms with Gasteiger partial charge in [0.2, 0.25) is 5.91 Å². The van der Waals surface area contributed by atoms with Gasteiger partial charge in [-0.3, -0.25) is 4.79 Å². The lowest BCUT2D eigenvalue weighted by Crippen LogP contribution is -2.15. The highest BCUT2D eigenvalue weighted by molar-refractivity contribution is 5.89. The van der Waals surface area contributed by atoms with Crippen molar-refractivity contribution in [2.75, 3.05) is 5.32 Å². The van der Waals surface area contributed by atoms with E-state index < -0.39 is 0 Å². The van der Waals surface area contributed by atoms with Crippen LogP contribution in [-0.4, -0.2) is 10.9 Å². The average Bonchev–Trinajstić information content (AvgIpc) is 2.16. The predicted octanol–water partition coefficient (Wildman–Crippen LogP) is 1.52. The molecule has 0 aliphatic heterocycles. The van der Waals surface area contributed by atoms with Crippen LogP contribution in [-0.2, 0) is 11.3 Å². The molecular weight excluding hydrogens is 190 g/mol. The number of pyridine rings is 1. The number of anilines is 1. The smallest absolute Gasteiger partial charge is 0.225 e. The minimum Gasteiger partial charge on any atom is -0.325 e. The quantitative estimate of drug-likeness (QED) is 0.786. The molecule has 0 saturated heterocycles. The van der Waals surface area contributed by atoms with Crippen molar-refractivity contribution in [1.29, 1.82) is 0 Å². The van der Waals surface area contributed by atoms with Crippen molar-refractivity contribution in [2.45, 2.75) is 26.8 Å². The first kappa shape index (κ1) is 11.7. The first-order valence-corrected chi connectivity index (χ1v) is 5.07. The van der Waals surface area contributed by atoms with E-state index in [9.17, 15) is 4.79 Å². The van der Waals surface area contributed by atoms with Crippen LogP contribution in [0.15, 0.2) is 18.2 Å². The summed E-state index contributed by atoms with van der Waals surface area (Å²) >= 11 is 0. The molecule has 0 saturated carbocycles. The Balaban J connectivity index is 2.60. The number of nitrogens with zero attached hydrogens (tertiary/aromatic N) is 1. The van der Waals surface area contributed by atoms with Gasteiger partial charge in [-0.25, -0.2) is 4.98 Å². The second-order valence-electron chi connectivity index (χ2n) is 3.86. The Bertz CT molecular complexity index is 336. The molecule has 0 atom stereocenters. The zero-order valence-electron chi connectivity index (χ0n) is 9.16. The Morgan fingerprint density at radius 3 is 2.87 bits per heavy atom. The minimum absolute atomic E-state index is 0.00771. The fourth-order valence-electron chi connectivity index (χ4n) is 1.23. The Hall–Kier alpha value is -1.42. The maximum absolute atomic E-state index is 11.4. The SMILES string of the molecule is CC(C)CC(=O)Nc1cccc(CN)n1. The summed E-state index contributed by atoms with van der Waals surface area (Å²) in [6, 6.07) is 5.43. The van der Waals surface area contributed by atoms with Gasteiger partial charge in [-0.2, -0.15) is 0 Å². The number of hydrogen-bond acceptors (Lipinski definition) is 3. The van der Waals surface area contributed by atoms with Crippen LogP contribution < -0.4 is 11.1 Å². The highest BCUT2D eigenvalue weighted by Gasteiger charge is 2.05. The molecular formula is C11H17N3O. The van der Waals surface area contributed by atoms with Crippen molar-refractivity contribution < 1.29 is 4.79 Å². The molecule has 3 N–H and O–H groups in total. The molecule has 1 heterocycles. The molecule has 15 heavy (non-hydrogen) atoms. The molecule has 0 bridgehead atoms. The molecule has 1 aromatic rings. The first-order chi connectivity index (χ1) is 7.11. The van der Waals surface area contributed by atoms with E-state index >= 15 is 0 Å².